The number of nitrogen functional groups attached to an aromatic ring is 1. The lowest BCUT2D eigenvalue weighted by Gasteiger charge is -2.44. The summed E-state index contributed by atoms with van der Waals surface area (Å²) in [7, 11) is 0. The number of ether oxygens (including phenoxy) is 1. The number of hydrogen-bond acceptors (Lipinski definition) is 5. The third-order valence-electron chi connectivity index (χ3n) is 6.89. The lowest BCUT2D eigenvalue weighted by atomic mass is 9.85. The van der Waals surface area contributed by atoms with E-state index >= 15 is 0 Å². The molecule has 0 spiro atoms. The molecule has 1 aliphatic carbocycles. The monoisotopic (exact) mass is 536 g/mol. The molecule has 2 aliphatic rings. The molecule has 0 amide bonds. The topological polar surface area (TPSA) is 73.4 Å². The predicted molar refractivity (Wildman–Crippen MR) is 126 cm³/mol. The van der Waals surface area contributed by atoms with Crippen LogP contribution in [-0.2, 0) is 17.7 Å². The fourth-order valence-electron chi connectivity index (χ4n) is 4.72. The highest BCUT2D eigenvalue weighted by Gasteiger charge is 2.73. The summed E-state index contributed by atoms with van der Waals surface area (Å²) >= 11 is 0. The van der Waals surface area contributed by atoms with E-state index in [1.807, 2.05) is 0 Å². The highest BCUT2D eigenvalue weighted by molar-refractivity contribution is 5.39. The molecule has 1 aromatic heterocycles. The maximum atomic E-state index is 13.7. The van der Waals surface area contributed by atoms with Crippen molar-refractivity contribution >= 4 is 5.95 Å². The number of halogens is 6. The number of alkyl halides is 4. The van der Waals surface area contributed by atoms with Gasteiger partial charge >= 0.3 is 11.8 Å². The molecule has 2 N–H and O–H groups in total. The van der Waals surface area contributed by atoms with Crippen molar-refractivity contribution in [1.29, 1.82) is 0 Å². The number of hydrogen-bond donors (Lipinski definition) is 1. The molecule has 1 atom stereocenters. The normalized spacial score (nSPS) is 19.6. The molecule has 5 rings (SSSR count). The molecular formula is C26H22F6N4O2. The van der Waals surface area contributed by atoms with Gasteiger partial charge in [-0.2, -0.15) is 17.6 Å². The van der Waals surface area contributed by atoms with Gasteiger partial charge in [0, 0.05) is 12.1 Å². The van der Waals surface area contributed by atoms with Crippen LogP contribution in [0.3, 0.4) is 0 Å². The highest BCUT2D eigenvalue weighted by Crippen LogP contribution is 2.53. The van der Waals surface area contributed by atoms with Crippen LogP contribution in [0, 0.1) is 11.6 Å². The molecule has 2 heterocycles. The van der Waals surface area contributed by atoms with Crippen molar-refractivity contribution in [2.24, 2.45) is 0 Å². The van der Waals surface area contributed by atoms with Crippen LogP contribution < -0.4 is 11.3 Å². The highest BCUT2D eigenvalue weighted by atomic mass is 19.3. The molecule has 1 saturated carbocycles. The average molecular weight is 536 g/mol. The van der Waals surface area contributed by atoms with Gasteiger partial charge in [-0.05, 0) is 48.4 Å². The number of benzene rings is 2. The summed E-state index contributed by atoms with van der Waals surface area (Å²) < 4.78 is 87.1. The van der Waals surface area contributed by atoms with Crippen LogP contribution in [0.2, 0.25) is 0 Å². The molecular weight excluding hydrogens is 514 g/mol. The third kappa shape index (κ3) is 4.27. The van der Waals surface area contributed by atoms with Crippen LogP contribution in [0.15, 0.2) is 65.8 Å². The number of aromatic nitrogens is 2. The zero-order valence-corrected chi connectivity index (χ0v) is 19.8. The molecule has 200 valence electrons. The van der Waals surface area contributed by atoms with Gasteiger partial charge in [-0.3, -0.25) is 9.36 Å². The number of anilines is 1. The number of nitrogens with zero attached hydrogens (tertiary/aromatic N) is 3. The zero-order valence-electron chi connectivity index (χ0n) is 19.8. The molecule has 2 aromatic carbocycles. The van der Waals surface area contributed by atoms with E-state index in [0.29, 0.717) is 16.7 Å². The Bertz CT molecular complexity index is 1390. The minimum atomic E-state index is -4.31. The first kappa shape index (κ1) is 25.7. The fraction of sp³-hybridized carbons (Fsp3) is 0.308. The summed E-state index contributed by atoms with van der Waals surface area (Å²) in [5.74, 6) is -9.85. The maximum absolute atomic E-state index is 13.7. The van der Waals surface area contributed by atoms with Crippen molar-refractivity contribution in [3.05, 3.63) is 105 Å². The summed E-state index contributed by atoms with van der Waals surface area (Å²) in [6.45, 7) is 3.65. The third-order valence-corrected chi connectivity index (χ3v) is 6.89. The van der Waals surface area contributed by atoms with Crippen LogP contribution >= 0.6 is 0 Å². The minimum absolute atomic E-state index is 0.0686. The van der Waals surface area contributed by atoms with E-state index < -0.39 is 47.6 Å². The van der Waals surface area contributed by atoms with Gasteiger partial charge in [0.2, 0.25) is 5.95 Å². The standard InChI is InChI=1S/C26H22F6N4O2/c1-14(38-21-12-25(29,30)26(21,31)32)35-11-10-19-20(13-35)34-24(33)36(23(19)37)22(15-2-6-17(27)7-3-15)16-4-8-18(28)9-5-16/h2-9,21-22H,1,10-13H2,(H2,33,34). The lowest BCUT2D eigenvalue weighted by molar-refractivity contribution is -0.337. The van der Waals surface area contributed by atoms with Gasteiger partial charge in [0.15, 0.2) is 12.0 Å². The molecule has 38 heavy (non-hydrogen) atoms. The van der Waals surface area contributed by atoms with Gasteiger partial charge in [0.05, 0.1) is 24.7 Å². The second-order valence-corrected chi connectivity index (χ2v) is 9.28. The van der Waals surface area contributed by atoms with Gasteiger partial charge in [0.1, 0.15) is 11.6 Å². The van der Waals surface area contributed by atoms with E-state index in [1.54, 1.807) is 0 Å². The van der Waals surface area contributed by atoms with Crippen molar-refractivity contribution in [3.63, 3.8) is 0 Å². The van der Waals surface area contributed by atoms with Crippen molar-refractivity contribution in [3.8, 4) is 0 Å². The molecule has 1 unspecified atom stereocenters. The van der Waals surface area contributed by atoms with Crippen molar-refractivity contribution in [2.45, 2.75) is 43.4 Å². The Morgan fingerprint density at radius 3 is 2.08 bits per heavy atom. The number of nitrogens with two attached hydrogens (primary N) is 1. The van der Waals surface area contributed by atoms with Gasteiger partial charge in [-0.1, -0.05) is 24.3 Å². The summed E-state index contributed by atoms with van der Waals surface area (Å²) in [4.78, 5) is 19.4. The zero-order chi connectivity index (χ0) is 27.4. The summed E-state index contributed by atoms with van der Waals surface area (Å²) in [6, 6.07) is 9.99. The van der Waals surface area contributed by atoms with Gasteiger partial charge in [-0.25, -0.2) is 13.8 Å². The second kappa shape index (κ2) is 9.10. The quantitative estimate of drug-likeness (QED) is 0.368. The van der Waals surface area contributed by atoms with E-state index in [0.717, 1.165) is 0 Å². The molecule has 1 fully saturated rings. The minimum Gasteiger partial charge on any atom is -0.469 e. The Morgan fingerprint density at radius 1 is 1.03 bits per heavy atom. The maximum Gasteiger partial charge on any atom is 0.346 e. The first-order valence-corrected chi connectivity index (χ1v) is 11.7. The molecule has 6 nitrogen and oxygen atoms in total. The van der Waals surface area contributed by atoms with Crippen LogP contribution in [0.5, 0.6) is 0 Å². The van der Waals surface area contributed by atoms with Crippen molar-refractivity contribution in [1.82, 2.24) is 14.5 Å². The van der Waals surface area contributed by atoms with E-state index in [9.17, 15) is 31.1 Å². The van der Waals surface area contributed by atoms with Gasteiger partial charge < -0.3 is 15.4 Å². The number of rotatable bonds is 6. The van der Waals surface area contributed by atoms with E-state index in [4.69, 9.17) is 10.5 Å². The molecule has 3 aromatic rings. The largest absolute Gasteiger partial charge is 0.469 e. The SMILES string of the molecule is C=C(OC1CC(F)(F)C1(F)F)N1CCc2c(nc(N)n(C(c3ccc(F)cc3)c3ccc(F)cc3)c2=O)C1. The number of fused-ring (bicyclic) bond motifs is 1. The summed E-state index contributed by atoms with van der Waals surface area (Å²) in [5.41, 5.74) is 7.31. The van der Waals surface area contributed by atoms with Crippen molar-refractivity contribution in [2.75, 3.05) is 12.3 Å². The smallest absolute Gasteiger partial charge is 0.346 e. The Balaban J connectivity index is 1.46. The summed E-state index contributed by atoms with van der Waals surface area (Å²) in [5, 5.41) is 0. The van der Waals surface area contributed by atoms with Crippen molar-refractivity contribution < 1.29 is 31.1 Å². The van der Waals surface area contributed by atoms with E-state index in [2.05, 4.69) is 11.6 Å². The summed E-state index contributed by atoms with van der Waals surface area (Å²) in [6.07, 6.45) is -3.03. The Hall–Kier alpha value is -3.96. The molecule has 12 heteroatoms. The molecule has 0 bridgehead atoms. The molecule has 0 saturated heterocycles. The molecule has 1 aliphatic heterocycles. The Labute approximate surface area is 213 Å². The lowest BCUT2D eigenvalue weighted by Crippen LogP contribution is -2.63. The fourth-order valence-corrected chi connectivity index (χ4v) is 4.72. The predicted octanol–water partition coefficient (Wildman–Crippen LogP) is 4.63. The van der Waals surface area contributed by atoms with E-state index in [1.165, 1.54) is 58.0 Å². The van der Waals surface area contributed by atoms with Crippen LogP contribution in [0.1, 0.15) is 34.8 Å². The van der Waals surface area contributed by atoms with E-state index in [-0.39, 0.29) is 37.0 Å². The first-order valence-electron chi connectivity index (χ1n) is 11.7. The average Bonchev–Trinajstić information content (AvgIpc) is 2.87. The van der Waals surface area contributed by atoms with Gasteiger partial charge in [-0.15, -0.1) is 0 Å². The van der Waals surface area contributed by atoms with Gasteiger partial charge in [0.25, 0.3) is 5.56 Å². The van der Waals surface area contributed by atoms with Crippen LogP contribution in [0.25, 0.3) is 0 Å². The van der Waals surface area contributed by atoms with Crippen LogP contribution in [-0.4, -0.2) is 38.9 Å². The Kier molecular flexibility index (Phi) is 6.15. The second-order valence-electron chi connectivity index (χ2n) is 9.28. The molecule has 0 radical (unpaired) electrons. The first-order chi connectivity index (χ1) is 17.9. The Morgan fingerprint density at radius 2 is 1.58 bits per heavy atom. The van der Waals surface area contributed by atoms with Crippen LogP contribution in [0.4, 0.5) is 32.3 Å².